The third-order valence-corrected chi connectivity index (χ3v) is 8.37. The fourth-order valence-electron chi connectivity index (χ4n) is 6.37. The Hall–Kier alpha value is -5.87. The first kappa shape index (κ1) is 23.8. The van der Waals surface area contributed by atoms with Crippen molar-refractivity contribution in [2.24, 2.45) is 0 Å². The second-order valence-corrected chi connectivity index (χ2v) is 10.9. The van der Waals surface area contributed by atoms with Crippen LogP contribution in [0.5, 0.6) is 0 Å². The average molecular weight is 549 g/mol. The van der Waals surface area contributed by atoms with Crippen LogP contribution in [0.3, 0.4) is 0 Å². The maximum atomic E-state index is 5.17. The van der Waals surface area contributed by atoms with Crippen molar-refractivity contribution >= 4 is 54.6 Å². The zero-order valence-corrected chi connectivity index (χ0v) is 23.1. The molecule has 4 heteroatoms. The van der Waals surface area contributed by atoms with Gasteiger partial charge in [-0.15, -0.1) is 0 Å². The van der Waals surface area contributed by atoms with E-state index in [1.165, 1.54) is 27.1 Å². The maximum absolute atomic E-state index is 5.17. The Morgan fingerprint density at radius 1 is 0.442 bits per heavy atom. The number of aromatic nitrogens is 4. The van der Waals surface area contributed by atoms with Crippen LogP contribution in [-0.2, 0) is 0 Å². The highest BCUT2D eigenvalue weighted by Gasteiger charge is 2.19. The molecule has 3 heterocycles. The van der Waals surface area contributed by atoms with Crippen LogP contribution in [-0.4, -0.2) is 19.5 Å². The Kier molecular flexibility index (Phi) is 5.16. The molecule has 0 unspecified atom stereocenters. The van der Waals surface area contributed by atoms with Gasteiger partial charge in [0.25, 0.3) is 0 Å². The smallest absolute Gasteiger partial charge is 0.166 e. The normalized spacial score (nSPS) is 11.7. The predicted molar refractivity (Wildman–Crippen MR) is 178 cm³/mol. The number of nitrogens with zero attached hydrogens (tertiary/aromatic N) is 4. The Morgan fingerprint density at radius 3 is 2.02 bits per heavy atom. The van der Waals surface area contributed by atoms with Crippen molar-refractivity contribution in [1.29, 1.82) is 0 Å². The van der Waals surface area contributed by atoms with Crippen LogP contribution in [0, 0.1) is 0 Å². The van der Waals surface area contributed by atoms with Crippen LogP contribution in [0.4, 0.5) is 0 Å². The molecule has 9 rings (SSSR count). The van der Waals surface area contributed by atoms with Crippen molar-refractivity contribution in [2.45, 2.75) is 0 Å². The lowest BCUT2D eigenvalue weighted by atomic mass is 9.93. The van der Waals surface area contributed by atoms with Gasteiger partial charge in [0.15, 0.2) is 5.65 Å². The van der Waals surface area contributed by atoms with E-state index in [0.29, 0.717) is 0 Å². The Balaban J connectivity index is 1.35. The largest absolute Gasteiger partial charge is 0.276 e. The molecule has 0 aliphatic rings. The summed E-state index contributed by atoms with van der Waals surface area (Å²) in [5.74, 6) is 0.815. The van der Waals surface area contributed by atoms with Gasteiger partial charge in [-0.05, 0) is 75.1 Å². The van der Waals surface area contributed by atoms with E-state index in [0.717, 1.165) is 55.7 Å². The summed E-state index contributed by atoms with van der Waals surface area (Å²) in [6.45, 7) is 0. The molecular formula is C39H24N4. The van der Waals surface area contributed by atoms with Gasteiger partial charge in [0.05, 0.1) is 22.2 Å². The number of pyridine rings is 1. The fourth-order valence-corrected chi connectivity index (χ4v) is 6.37. The molecule has 0 saturated carbocycles. The van der Waals surface area contributed by atoms with Crippen molar-refractivity contribution in [3.05, 3.63) is 146 Å². The molecule has 0 fully saturated rings. The fraction of sp³-hybridized carbons (Fsp3) is 0. The summed E-state index contributed by atoms with van der Waals surface area (Å²) in [6.07, 6.45) is 0. The third-order valence-electron chi connectivity index (χ3n) is 8.37. The topological polar surface area (TPSA) is 43.6 Å². The second-order valence-electron chi connectivity index (χ2n) is 10.9. The van der Waals surface area contributed by atoms with E-state index in [1.807, 2.05) is 48.5 Å². The molecule has 4 nitrogen and oxygen atoms in total. The molecule has 9 aromatic rings. The van der Waals surface area contributed by atoms with Crippen LogP contribution in [0.2, 0.25) is 0 Å². The lowest BCUT2D eigenvalue weighted by Gasteiger charge is -2.12. The van der Waals surface area contributed by atoms with Gasteiger partial charge >= 0.3 is 0 Å². The molecule has 0 aliphatic carbocycles. The molecule has 200 valence electrons. The van der Waals surface area contributed by atoms with Crippen LogP contribution >= 0.6 is 0 Å². The number of hydrogen-bond acceptors (Lipinski definition) is 3. The molecule has 6 aromatic carbocycles. The van der Waals surface area contributed by atoms with Gasteiger partial charge in [-0.1, -0.05) is 103 Å². The molecule has 0 bridgehead atoms. The number of benzene rings is 6. The third kappa shape index (κ3) is 3.74. The van der Waals surface area contributed by atoms with Crippen molar-refractivity contribution in [2.75, 3.05) is 0 Å². The van der Waals surface area contributed by atoms with E-state index < -0.39 is 0 Å². The molecule has 0 radical (unpaired) electrons. The standard InChI is InChI=1S/C39H24N4/c1-2-11-25(12-3-1)33-19-10-20-37(40-33)43-36-22-21-27(24-32(36)38-39(43)42-35-18-9-8-17-34(35)41-38)31-23-26-13-4-5-14-28(26)29-15-6-7-16-30(29)31/h1-24H. The van der Waals surface area contributed by atoms with Crippen LogP contribution in [0.25, 0.3) is 82.8 Å². The summed E-state index contributed by atoms with van der Waals surface area (Å²) >= 11 is 0. The SMILES string of the molecule is c1ccc(-c2cccc(-n3c4ccc(-c5cc6ccccc6c6ccccc56)cc4c4nc5ccccc5nc43)n2)cc1. The van der Waals surface area contributed by atoms with Gasteiger partial charge in [0, 0.05) is 10.9 Å². The lowest BCUT2D eigenvalue weighted by Crippen LogP contribution is -2.00. The highest BCUT2D eigenvalue weighted by Crippen LogP contribution is 2.38. The van der Waals surface area contributed by atoms with E-state index in [4.69, 9.17) is 15.0 Å². The van der Waals surface area contributed by atoms with E-state index in [1.54, 1.807) is 0 Å². The molecule has 0 aliphatic heterocycles. The van der Waals surface area contributed by atoms with Gasteiger partial charge in [0.2, 0.25) is 0 Å². The van der Waals surface area contributed by atoms with Crippen LogP contribution < -0.4 is 0 Å². The van der Waals surface area contributed by atoms with Crippen molar-refractivity contribution < 1.29 is 0 Å². The molecule has 0 atom stereocenters. The molecule has 0 amide bonds. The van der Waals surface area contributed by atoms with E-state index in [2.05, 4.69) is 102 Å². The summed E-state index contributed by atoms with van der Waals surface area (Å²) < 4.78 is 2.15. The number of fused-ring (bicyclic) bond motifs is 7. The summed E-state index contributed by atoms with van der Waals surface area (Å²) in [5.41, 5.74) is 8.77. The van der Waals surface area contributed by atoms with Gasteiger partial charge in [-0.3, -0.25) is 4.57 Å². The van der Waals surface area contributed by atoms with Crippen molar-refractivity contribution in [1.82, 2.24) is 19.5 Å². The minimum atomic E-state index is 0.798. The molecule has 0 saturated heterocycles. The summed E-state index contributed by atoms with van der Waals surface area (Å²) in [7, 11) is 0. The first-order valence-corrected chi connectivity index (χ1v) is 14.5. The molecule has 0 N–H and O–H groups in total. The zero-order chi connectivity index (χ0) is 28.3. The van der Waals surface area contributed by atoms with E-state index >= 15 is 0 Å². The molecule has 0 spiro atoms. The summed E-state index contributed by atoms with van der Waals surface area (Å²) in [4.78, 5) is 15.4. The first-order chi connectivity index (χ1) is 21.3. The number of hydrogen-bond donors (Lipinski definition) is 0. The van der Waals surface area contributed by atoms with Crippen LogP contribution in [0.15, 0.2) is 146 Å². The quantitative estimate of drug-likeness (QED) is 0.206. The second kappa shape index (κ2) is 9.33. The number of para-hydroxylation sites is 2. The highest BCUT2D eigenvalue weighted by atomic mass is 15.1. The molecule has 43 heavy (non-hydrogen) atoms. The molecular weight excluding hydrogens is 524 g/mol. The maximum Gasteiger partial charge on any atom is 0.166 e. The Bertz CT molecular complexity index is 2510. The van der Waals surface area contributed by atoms with Gasteiger partial charge in [-0.25, -0.2) is 15.0 Å². The minimum absolute atomic E-state index is 0.798. The van der Waals surface area contributed by atoms with Gasteiger partial charge in [0.1, 0.15) is 11.3 Å². The van der Waals surface area contributed by atoms with E-state index in [-0.39, 0.29) is 0 Å². The van der Waals surface area contributed by atoms with Gasteiger partial charge in [-0.2, -0.15) is 0 Å². The Labute approximate surface area is 247 Å². The number of rotatable bonds is 3. The van der Waals surface area contributed by atoms with Crippen LogP contribution in [0.1, 0.15) is 0 Å². The first-order valence-electron chi connectivity index (χ1n) is 14.5. The predicted octanol–water partition coefficient (Wildman–Crippen LogP) is 9.76. The zero-order valence-electron chi connectivity index (χ0n) is 23.1. The minimum Gasteiger partial charge on any atom is -0.276 e. The van der Waals surface area contributed by atoms with E-state index in [9.17, 15) is 0 Å². The monoisotopic (exact) mass is 548 g/mol. The average Bonchev–Trinajstić information content (AvgIpc) is 3.39. The Morgan fingerprint density at radius 2 is 1.16 bits per heavy atom. The summed E-state index contributed by atoms with van der Waals surface area (Å²) in [5, 5.41) is 6.03. The summed E-state index contributed by atoms with van der Waals surface area (Å²) in [6, 6.07) is 50.8. The lowest BCUT2D eigenvalue weighted by molar-refractivity contribution is 1.06. The van der Waals surface area contributed by atoms with Crippen molar-refractivity contribution in [3.63, 3.8) is 0 Å². The van der Waals surface area contributed by atoms with Gasteiger partial charge < -0.3 is 0 Å². The molecule has 3 aromatic heterocycles. The van der Waals surface area contributed by atoms with Crippen molar-refractivity contribution in [3.8, 4) is 28.2 Å². The highest BCUT2D eigenvalue weighted by molar-refractivity contribution is 6.15.